The van der Waals surface area contributed by atoms with Crippen LogP contribution in [-0.4, -0.2) is 23.9 Å². The summed E-state index contributed by atoms with van der Waals surface area (Å²) in [5.74, 6) is -0.532. The number of nitrogens with zero attached hydrogens (tertiary/aromatic N) is 1. The first-order valence-corrected chi connectivity index (χ1v) is 6.85. The summed E-state index contributed by atoms with van der Waals surface area (Å²) in [7, 11) is 0. The Hall–Kier alpha value is -2.82. The number of carboxylic acids is 1. The Morgan fingerprint density at radius 1 is 1.23 bits per heavy atom. The lowest BCUT2D eigenvalue weighted by atomic mass is 10.1. The Kier molecular flexibility index (Phi) is 5.14. The smallest absolute Gasteiger partial charge is 0.341 e. The molecule has 0 spiro atoms. The van der Waals surface area contributed by atoms with E-state index in [2.05, 4.69) is 16.6 Å². The molecule has 0 unspecified atom stereocenters. The molecule has 5 nitrogen and oxygen atoms in total. The predicted molar refractivity (Wildman–Crippen MR) is 86.7 cm³/mol. The van der Waals surface area contributed by atoms with Gasteiger partial charge in [-0.1, -0.05) is 18.2 Å². The summed E-state index contributed by atoms with van der Waals surface area (Å²) in [4.78, 5) is 10.6. The molecule has 0 radical (unpaired) electrons. The van der Waals surface area contributed by atoms with Crippen LogP contribution >= 0.6 is 0 Å². The molecule has 22 heavy (non-hydrogen) atoms. The number of ether oxygens (including phenoxy) is 1. The van der Waals surface area contributed by atoms with E-state index in [1.165, 1.54) is 0 Å². The number of para-hydroxylation sites is 1. The first-order valence-electron chi connectivity index (χ1n) is 6.85. The van der Waals surface area contributed by atoms with Crippen LogP contribution in [0.3, 0.4) is 0 Å². The van der Waals surface area contributed by atoms with Crippen molar-refractivity contribution >= 4 is 17.9 Å². The summed E-state index contributed by atoms with van der Waals surface area (Å²) < 4.78 is 5.22. The zero-order valence-corrected chi connectivity index (χ0v) is 12.5. The van der Waals surface area contributed by atoms with Crippen molar-refractivity contribution in [3.63, 3.8) is 0 Å². The van der Waals surface area contributed by atoms with Gasteiger partial charge in [-0.15, -0.1) is 0 Å². The SMILES string of the molecule is Cc1cc(C)cc(N/N=C\c2ccccc2OCC(=O)O)c1. The average Bonchev–Trinajstić information content (AvgIpc) is 2.45. The molecule has 0 fully saturated rings. The van der Waals surface area contributed by atoms with E-state index in [0.29, 0.717) is 11.3 Å². The van der Waals surface area contributed by atoms with Crippen LogP contribution in [0.4, 0.5) is 5.69 Å². The van der Waals surface area contributed by atoms with E-state index in [1.807, 2.05) is 38.1 Å². The van der Waals surface area contributed by atoms with Gasteiger partial charge in [0.2, 0.25) is 0 Å². The minimum absolute atomic E-state index is 0.380. The number of hydrogen-bond donors (Lipinski definition) is 2. The van der Waals surface area contributed by atoms with Crippen molar-refractivity contribution < 1.29 is 14.6 Å². The maximum absolute atomic E-state index is 10.6. The molecule has 0 atom stereocenters. The molecular weight excluding hydrogens is 280 g/mol. The number of nitrogens with one attached hydrogen (secondary N) is 1. The molecule has 5 heteroatoms. The lowest BCUT2D eigenvalue weighted by Crippen LogP contribution is -2.10. The molecule has 114 valence electrons. The topological polar surface area (TPSA) is 70.9 Å². The highest BCUT2D eigenvalue weighted by atomic mass is 16.5. The monoisotopic (exact) mass is 298 g/mol. The van der Waals surface area contributed by atoms with Crippen molar-refractivity contribution in [2.45, 2.75) is 13.8 Å². The predicted octanol–water partition coefficient (Wildman–Crippen LogP) is 3.21. The van der Waals surface area contributed by atoms with Gasteiger partial charge in [0.1, 0.15) is 5.75 Å². The van der Waals surface area contributed by atoms with Crippen molar-refractivity contribution in [3.05, 3.63) is 59.2 Å². The summed E-state index contributed by atoms with van der Waals surface area (Å²) in [5.41, 5.74) is 6.88. The highest BCUT2D eigenvalue weighted by molar-refractivity contribution is 5.84. The van der Waals surface area contributed by atoms with E-state index in [4.69, 9.17) is 9.84 Å². The van der Waals surface area contributed by atoms with Gasteiger partial charge in [-0.25, -0.2) is 4.79 Å². The third-order valence-corrected chi connectivity index (χ3v) is 2.89. The van der Waals surface area contributed by atoms with E-state index in [-0.39, 0.29) is 6.61 Å². The third-order valence-electron chi connectivity index (χ3n) is 2.89. The van der Waals surface area contributed by atoms with E-state index in [0.717, 1.165) is 16.8 Å². The van der Waals surface area contributed by atoms with Gasteiger partial charge in [-0.05, 0) is 49.2 Å². The Morgan fingerprint density at radius 3 is 2.59 bits per heavy atom. The minimum Gasteiger partial charge on any atom is -0.481 e. The molecule has 0 aromatic heterocycles. The molecule has 0 aliphatic rings. The summed E-state index contributed by atoms with van der Waals surface area (Å²) in [5, 5.41) is 12.9. The van der Waals surface area contributed by atoms with Gasteiger partial charge >= 0.3 is 5.97 Å². The molecule has 0 saturated carbocycles. The minimum atomic E-state index is -1.01. The molecule has 2 aromatic rings. The van der Waals surface area contributed by atoms with Crippen molar-refractivity contribution in [3.8, 4) is 5.75 Å². The van der Waals surface area contributed by atoms with Gasteiger partial charge < -0.3 is 9.84 Å². The van der Waals surface area contributed by atoms with Crippen molar-refractivity contribution in [2.75, 3.05) is 12.0 Å². The second kappa shape index (κ2) is 7.26. The zero-order chi connectivity index (χ0) is 15.9. The van der Waals surface area contributed by atoms with Crippen LogP contribution < -0.4 is 10.2 Å². The fraction of sp³-hybridized carbons (Fsp3) is 0.176. The Labute approximate surface area is 129 Å². The second-order valence-electron chi connectivity index (χ2n) is 4.97. The second-order valence-corrected chi connectivity index (χ2v) is 4.97. The largest absolute Gasteiger partial charge is 0.481 e. The highest BCUT2D eigenvalue weighted by Crippen LogP contribution is 2.17. The van der Waals surface area contributed by atoms with Crippen molar-refractivity contribution in [1.82, 2.24) is 0 Å². The van der Waals surface area contributed by atoms with Gasteiger partial charge in [-0.2, -0.15) is 5.10 Å². The quantitative estimate of drug-likeness (QED) is 0.634. The number of carboxylic acid groups (broad SMARTS) is 1. The number of rotatable bonds is 6. The molecule has 0 aliphatic carbocycles. The van der Waals surface area contributed by atoms with Gasteiger partial charge in [-0.3, -0.25) is 5.43 Å². The zero-order valence-electron chi connectivity index (χ0n) is 12.5. The van der Waals surface area contributed by atoms with Crippen LogP contribution in [0.2, 0.25) is 0 Å². The fourth-order valence-electron chi connectivity index (χ4n) is 2.07. The first-order chi connectivity index (χ1) is 10.5. The fourth-order valence-corrected chi connectivity index (χ4v) is 2.07. The standard InChI is InChI=1S/C17H18N2O3/c1-12-7-13(2)9-15(8-12)19-18-10-14-5-3-4-6-16(14)22-11-17(20)21/h3-10,19H,11H2,1-2H3,(H,20,21)/b18-10-. The van der Waals surface area contributed by atoms with Gasteiger partial charge in [0, 0.05) is 5.56 Å². The molecular formula is C17H18N2O3. The van der Waals surface area contributed by atoms with Crippen molar-refractivity contribution in [1.29, 1.82) is 0 Å². The van der Waals surface area contributed by atoms with Gasteiger partial charge in [0.05, 0.1) is 11.9 Å². The molecule has 0 heterocycles. The molecule has 0 saturated heterocycles. The van der Waals surface area contributed by atoms with E-state index in [1.54, 1.807) is 18.3 Å². The summed E-state index contributed by atoms with van der Waals surface area (Å²) in [6.07, 6.45) is 1.61. The average molecular weight is 298 g/mol. The van der Waals surface area contributed by atoms with Gasteiger partial charge in [0.15, 0.2) is 6.61 Å². The summed E-state index contributed by atoms with van der Waals surface area (Å²) in [6.45, 7) is 3.67. The van der Waals surface area contributed by atoms with Crippen LogP contribution in [0.25, 0.3) is 0 Å². The third kappa shape index (κ3) is 4.63. The molecule has 0 aliphatic heterocycles. The first kappa shape index (κ1) is 15.6. The van der Waals surface area contributed by atoms with E-state index >= 15 is 0 Å². The van der Waals surface area contributed by atoms with Crippen LogP contribution in [0.1, 0.15) is 16.7 Å². The lowest BCUT2D eigenvalue weighted by molar-refractivity contribution is -0.139. The molecule has 2 rings (SSSR count). The number of hydrogen-bond acceptors (Lipinski definition) is 4. The highest BCUT2D eigenvalue weighted by Gasteiger charge is 2.03. The van der Waals surface area contributed by atoms with Crippen LogP contribution in [0.5, 0.6) is 5.75 Å². The number of aliphatic carboxylic acids is 1. The normalized spacial score (nSPS) is 10.6. The number of aryl methyl sites for hydroxylation is 2. The van der Waals surface area contributed by atoms with Crippen molar-refractivity contribution in [2.24, 2.45) is 5.10 Å². The number of benzene rings is 2. The van der Waals surface area contributed by atoms with E-state index < -0.39 is 5.97 Å². The number of anilines is 1. The van der Waals surface area contributed by atoms with Crippen LogP contribution in [-0.2, 0) is 4.79 Å². The molecule has 0 bridgehead atoms. The van der Waals surface area contributed by atoms with E-state index in [9.17, 15) is 4.79 Å². The van der Waals surface area contributed by atoms with Crippen LogP contribution in [0, 0.1) is 13.8 Å². The maximum Gasteiger partial charge on any atom is 0.341 e. The Bertz CT molecular complexity index is 676. The Balaban J connectivity index is 2.08. The molecule has 2 N–H and O–H groups in total. The Morgan fingerprint density at radius 2 is 1.91 bits per heavy atom. The summed E-state index contributed by atoms with van der Waals surface area (Å²) in [6, 6.07) is 13.2. The maximum atomic E-state index is 10.6. The molecule has 2 aromatic carbocycles. The van der Waals surface area contributed by atoms with Crippen LogP contribution in [0.15, 0.2) is 47.6 Å². The number of carbonyl (C=O) groups is 1. The summed E-state index contributed by atoms with van der Waals surface area (Å²) >= 11 is 0. The lowest BCUT2D eigenvalue weighted by Gasteiger charge is -2.07. The molecule has 0 amide bonds. The van der Waals surface area contributed by atoms with Gasteiger partial charge in [0.25, 0.3) is 0 Å². The number of hydrazone groups is 1.